The second kappa shape index (κ2) is 6.80. The molecule has 0 aliphatic heterocycles. The molecule has 0 saturated heterocycles. The lowest BCUT2D eigenvalue weighted by Gasteiger charge is -2.29. The Labute approximate surface area is 106 Å². The Bertz CT molecular complexity index is 319. The van der Waals surface area contributed by atoms with Crippen molar-refractivity contribution in [2.45, 2.75) is 53.5 Å². The average molecular weight is 237 g/mol. The summed E-state index contributed by atoms with van der Waals surface area (Å²) in [5, 5.41) is 7.84. The van der Waals surface area contributed by atoms with Crippen molar-refractivity contribution in [1.82, 2.24) is 15.1 Å². The lowest BCUT2D eigenvalue weighted by Crippen LogP contribution is -2.33. The van der Waals surface area contributed by atoms with E-state index in [2.05, 4.69) is 44.3 Å². The fourth-order valence-corrected chi connectivity index (χ4v) is 2.43. The molecule has 0 bridgehead atoms. The molecule has 1 atom stereocenters. The second-order valence-corrected chi connectivity index (χ2v) is 5.22. The van der Waals surface area contributed by atoms with Gasteiger partial charge in [-0.3, -0.25) is 4.68 Å². The Morgan fingerprint density at radius 3 is 2.65 bits per heavy atom. The molecule has 0 spiro atoms. The maximum atomic E-state index is 4.36. The highest BCUT2D eigenvalue weighted by molar-refractivity contribution is 5.07. The summed E-state index contributed by atoms with van der Waals surface area (Å²) in [4.78, 5) is 0. The molecule has 1 heterocycles. The number of aryl methyl sites for hydroxylation is 1. The normalized spacial score (nSPS) is 14.8. The molecular weight excluding hydrogens is 210 g/mol. The van der Waals surface area contributed by atoms with Crippen LogP contribution in [-0.4, -0.2) is 22.9 Å². The first-order chi connectivity index (χ1) is 8.13. The summed E-state index contributed by atoms with van der Waals surface area (Å²) in [6, 6.07) is 0. The van der Waals surface area contributed by atoms with Gasteiger partial charge >= 0.3 is 0 Å². The molecule has 0 amide bonds. The summed E-state index contributed by atoms with van der Waals surface area (Å²) in [6.07, 6.45) is 7.82. The molecule has 1 aromatic heterocycles. The fourth-order valence-electron chi connectivity index (χ4n) is 2.43. The van der Waals surface area contributed by atoms with E-state index < -0.39 is 0 Å². The van der Waals surface area contributed by atoms with E-state index in [1.54, 1.807) is 0 Å². The van der Waals surface area contributed by atoms with Gasteiger partial charge in [0.2, 0.25) is 0 Å². The minimum absolute atomic E-state index is 0.354. The summed E-state index contributed by atoms with van der Waals surface area (Å²) in [5.74, 6) is 0. The lowest BCUT2D eigenvalue weighted by molar-refractivity contribution is 0.277. The topological polar surface area (TPSA) is 29.9 Å². The average Bonchev–Trinajstić information content (AvgIpc) is 2.74. The summed E-state index contributed by atoms with van der Waals surface area (Å²) in [5.41, 5.74) is 1.72. The van der Waals surface area contributed by atoms with Crippen molar-refractivity contribution in [1.29, 1.82) is 0 Å². The number of nitrogens with one attached hydrogen (secondary N) is 1. The number of hydrogen-bond acceptors (Lipinski definition) is 2. The molecule has 1 unspecified atom stereocenters. The SMILES string of the molecule is CCCC(C)(CNCC)Cc1cnn(CC)c1. The first-order valence-electron chi connectivity index (χ1n) is 6.85. The van der Waals surface area contributed by atoms with Gasteiger partial charge in [-0.15, -0.1) is 0 Å². The number of hydrogen-bond donors (Lipinski definition) is 1. The maximum Gasteiger partial charge on any atom is 0.0521 e. The van der Waals surface area contributed by atoms with E-state index in [-0.39, 0.29) is 0 Å². The summed E-state index contributed by atoms with van der Waals surface area (Å²) >= 11 is 0. The second-order valence-electron chi connectivity index (χ2n) is 5.22. The van der Waals surface area contributed by atoms with Crippen molar-refractivity contribution in [3.63, 3.8) is 0 Å². The number of rotatable bonds is 8. The summed E-state index contributed by atoms with van der Waals surface area (Å²) in [6.45, 7) is 12.0. The monoisotopic (exact) mass is 237 g/mol. The summed E-state index contributed by atoms with van der Waals surface area (Å²) < 4.78 is 2.01. The van der Waals surface area contributed by atoms with Gasteiger partial charge < -0.3 is 5.32 Å². The van der Waals surface area contributed by atoms with E-state index >= 15 is 0 Å². The van der Waals surface area contributed by atoms with Crippen LogP contribution in [0.15, 0.2) is 12.4 Å². The van der Waals surface area contributed by atoms with Crippen LogP contribution in [-0.2, 0) is 13.0 Å². The van der Waals surface area contributed by atoms with Gasteiger partial charge in [-0.25, -0.2) is 0 Å². The van der Waals surface area contributed by atoms with E-state index in [1.165, 1.54) is 18.4 Å². The van der Waals surface area contributed by atoms with Crippen LogP contribution in [0.4, 0.5) is 0 Å². The molecule has 1 rings (SSSR count). The van der Waals surface area contributed by atoms with E-state index in [9.17, 15) is 0 Å². The molecule has 0 aliphatic carbocycles. The van der Waals surface area contributed by atoms with Gasteiger partial charge in [0.15, 0.2) is 0 Å². The van der Waals surface area contributed by atoms with Gasteiger partial charge in [-0.1, -0.05) is 27.2 Å². The van der Waals surface area contributed by atoms with Gasteiger partial charge in [0.1, 0.15) is 0 Å². The molecule has 3 heteroatoms. The first kappa shape index (κ1) is 14.2. The van der Waals surface area contributed by atoms with E-state index in [4.69, 9.17) is 0 Å². The van der Waals surface area contributed by atoms with Gasteiger partial charge in [-0.2, -0.15) is 5.10 Å². The van der Waals surface area contributed by atoms with Gasteiger partial charge in [-0.05, 0) is 37.3 Å². The molecule has 0 aliphatic rings. The van der Waals surface area contributed by atoms with Crippen LogP contribution in [0.5, 0.6) is 0 Å². The van der Waals surface area contributed by atoms with Crippen molar-refractivity contribution in [2.24, 2.45) is 5.41 Å². The van der Waals surface area contributed by atoms with Crippen LogP contribution >= 0.6 is 0 Å². The first-order valence-corrected chi connectivity index (χ1v) is 6.85. The Morgan fingerprint density at radius 2 is 2.12 bits per heavy atom. The van der Waals surface area contributed by atoms with Gasteiger partial charge in [0, 0.05) is 19.3 Å². The fraction of sp³-hybridized carbons (Fsp3) is 0.786. The maximum absolute atomic E-state index is 4.36. The van der Waals surface area contributed by atoms with Crippen LogP contribution in [0.25, 0.3) is 0 Å². The molecule has 0 saturated carbocycles. The molecule has 1 aromatic rings. The molecule has 0 aromatic carbocycles. The molecule has 17 heavy (non-hydrogen) atoms. The van der Waals surface area contributed by atoms with Gasteiger partial charge in [0.05, 0.1) is 6.20 Å². The molecular formula is C14H27N3. The van der Waals surface area contributed by atoms with Crippen molar-refractivity contribution >= 4 is 0 Å². The highest BCUT2D eigenvalue weighted by Gasteiger charge is 2.23. The third-order valence-electron chi connectivity index (χ3n) is 3.30. The predicted octanol–water partition coefficient (Wildman–Crippen LogP) is 2.86. The predicted molar refractivity (Wildman–Crippen MR) is 73.2 cm³/mol. The Balaban J connectivity index is 2.64. The van der Waals surface area contributed by atoms with Crippen LogP contribution in [0, 0.1) is 5.41 Å². The third-order valence-corrected chi connectivity index (χ3v) is 3.30. The molecule has 3 nitrogen and oxygen atoms in total. The quantitative estimate of drug-likeness (QED) is 0.753. The standard InChI is InChI=1S/C14H27N3/c1-5-8-14(4,12-15-6-2)9-13-10-16-17(7-3)11-13/h10-11,15H,5-9,12H2,1-4H3. The van der Waals surface area contributed by atoms with Crippen LogP contribution in [0.1, 0.15) is 46.1 Å². The third kappa shape index (κ3) is 4.50. The van der Waals surface area contributed by atoms with Gasteiger partial charge in [0.25, 0.3) is 0 Å². The molecule has 1 N–H and O–H groups in total. The van der Waals surface area contributed by atoms with Crippen LogP contribution in [0.2, 0.25) is 0 Å². The van der Waals surface area contributed by atoms with Crippen molar-refractivity contribution in [3.8, 4) is 0 Å². The van der Waals surface area contributed by atoms with Crippen LogP contribution < -0.4 is 5.32 Å². The van der Waals surface area contributed by atoms with E-state index in [0.29, 0.717) is 5.41 Å². The molecule has 0 fully saturated rings. The zero-order valence-electron chi connectivity index (χ0n) is 11.8. The zero-order chi connectivity index (χ0) is 12.7. The Hall–Kier alpha value is -0.830. The zero-order valence-corrected chi connectivity index (χ0v) is 11.8. The Morgan fingerprint density at radius 1 is 1.35 bits per heavy atom. The number of nitrogens with zero attached hydrogens (tertiary/aromatic N) is 2. The highest BCUT2D eigenvalue weighted by atomic mass is 15.3. The van der Waals surface area contributed by atoms with Crippen molar-refractivity contribution in [3.05, 3.63) is 18.0 Å². The summed E-state index contributed by atoms with van der Waals surface area (Å²) in [7, 11) is 0. The van der Waals surface area contributed by atoms with E-state index in [1.807, 2.05) is 10.9 Å². The minimum Gasteiger partial charge on any atom is -0.316 e. The van der Waals surface area contributed by atoms with E-state index in [0.717, 1.165) is 26.1 Å². The minimum atomic E-state index is 0.354. The van der Waals surface area contributed by atoms with Crippen molar-refractivity contribution in [2.75, 3.05) is 13.1 Å². The molecule has 98 valence electrons. The molecule has 0 radical (unpaired) electrons. The van der Waals surface area contributed by atoms with Crippen molar-refractivity contribution < 1.29 is 0 Å². The highest BCUT2D eigenvalue weighted by Crippen LogP contribution is 2.27. The van der Waals surface area contributed by atoms with Crippen LogP contribution in [0.3, 0.4) is 0 Å². The number of aromatic nitrogens is 2. The lowest BCUT2D eigenvalue weighted by atomic mass is 9.80. The largest absolute Gasteiger partial charge is 0.316 e. The Kier molecular flexibility index (Phi) is 5.69. The smallest absolute Gasteiger partial charge is 0.0521 e.